The highest BCUT2D eigenvalue weighted by Crippen LogP contribution is 2.40. The minimum absolute atomic E-state index is 0.0169. The number of carbonyl (C=O) groups excluding carboxylic acids is 1. The Bertz CT molecular complexity index is 1250. The molecule has 4 rings (SSSR count). The third-order valence-electron chi connectivity index (χ3n) is 7.03. The lowest BCUT2D eigenvalue weighted by Gasteiger charge is -2.42. The van der Waals surface area contributed by atoms with Crippen LogP contribution in [0.5, 0.6) is 23.0 Å². The van der Waals surface area contributed by atoms with E-state index < -0.39 is 0 Å². The van der Waals surface area contributed by atoms with Crippen LogP contribution in [0.15, 0.2) is 45.4 Å². The summed E-state index contributed by atoms with van der Waals surface area (Å²) in [4.78, 5) is 19.7. The van der Waals surface area contributed by atoms with Gasteiger partial charge in [0.15, 0.2) is 0 Å². The van der Waals surface area contributed by atoms with Crippen molar-refractivity contribution >= 4 is 44.9 Å². The fourth-order valence-corrected chi connectivity index (χ4v) is 6.41. The topological polar surface area (TPSA) is 69.6 Å². The lowest BCUT2D eigenvalue weighted by Crippen LogP contribution is -2.55. The Kier molecular flexibility index (Phi) is 11.4. The molecule has 1 saturated heterocycles. The molecule has 9 heteroatoms. The number of rotatable bonds is 7. The second-order valence-corrected chi connectivity index (χ2v) is 12.2. The molecule has 0 N–H and O–H groups in total. The van der Waals surface area contributed by atoms with Crippen LogP contribution in [0.2, 0.25) is 0 Å². The number of ether oxygens (including phenoxy) is 4. The Balaban J connectivity index is 0.000000285. The van der Waals surface area contributed by atoms with Gasteiger partial charge < -0.3 is 23.8 Å². The average Bonchev–Trinajstić information content (AvgIpc) is 2.94. The molecule has 0 radical (unpaired) electrons. The lowest BCUT2D eigenvalue weighted by atomic mass is 9.93. The molecule has 1 fully saturated rings. The zero-order valence-electron chi connectivity index (χ0n) is 24.9. The number of thioether (sulfide) groups is 1. The molecular formula is C31H41BrN2O5S. The molecule has 218 valence electrons. The van der Waals surface area contributed by atoms with Gasteiger partial charge in [-0.15, -0.1) is 0 Å². The van der Waals surface area contributed by atoms with Crippen LogP contribution >= 0.6 is 27.7 Å². The van der Waals surface area contributed by atoms with Gasteiger partial charge in [0.1, 0.15) is 35.3 Å². The number of hydrogen-bond acceptors (Lipinski definition) is 7. The minimum atomic E-state index is -0.186. The van der Waals surface area contributed by atoms with Crippen molar-refractivity contribution in [3.8, 4) is 23.0 Å². The smallest absolute Gasteiger partial charge is 0.272 e. The summed E-state index contributed by atoms with van der Waals surface area (Å²) in [6, 6.07) is 9.83. The van der Waals surface area contributed by atoms with Crippen LogP contribution in [0.25, 0.3) is 5.57 Å². The first-order valence-electron chi connectivity index (χ1n) is 13.4. The van der Waals surface area contributed by atoms with Crippen LogP contribution in [0.4, 0.5) is 0 Å². The van der Waals surface area contributed by atoms with Gasteiger partial charge in [0.2, 0.25) is 0 Å². The number of nitrogens with zero attached hydrogens (tertiary/aromatic N) is 2. The van der Waals surface area contributed by atoms with Gasteiger partial charge in [-0.2, -0.15) is 11.8 Å². The summed E-state index contributed by atoms with van der Waals surface area (Å²) in [5.74, 6) is 5.07. The van der Waals surface area contributed by atoms with Gasteiger partial charge in [-0.25, -0.2) is 0 Å². The quantitative estimate of drug-likeness (QED) is 0.316. The molecule has 0 aromatic heterocycles. The molecule has 2 aliphatic heterocycles. The Morgan fingerprint density at radius 3 is 2.33 bits per heavy atom. The summed E-state index contributed by atoms with van der Waals surface area (Å²) in [6.45, 7) is 9.47. The number of hydrogen-bond donors (Lipinski definition) is 0. The van der Waals surface area contributed by atoms with Gasteiger partial charge in [-0.3, -0.25) is 9.79 Å². The largest absolute Gasteiger partial charge is 0.497 e. The van der Waals surface area contributed by atoms with Gasteiger partial charge in [0, 0.05) is 53.9 Å². The molecule has 40 heavy (non-hydrogen) atoms. The maximum atomic E-state index is 13.3. The predicted octanol–water partition coefficient (Wildman–Crippen LogP) is 6.70. The van der Waals surface area contributed by atoms with Crippen LogP contribution in [0.1, 0.15) is 45.2 Å². The van der Waals surface area contributed by atoms with Crippen molar-refractivity contribution in [1.29, 1.82) is 0 Å². The van der Waals surface area contributed by atoms with E-state index in [9.17, 15) is 4.79 Å². The van der Waals surface area contributed by atoms with Gasteiger partial charge in [0.25, 0.3) is 5.91 Å². The molecule has 2 aromatic rings. The van der Waals surface area contributed by atoms with Gasteiger partial charge >= 0.3 is 0 Å². The van der Waals surface area contributed by atoms with Gasteiger partial charge in [-0.1, -0.05) is 13.3 Å². The van der Waals surface area contributed by atoms with Gasteiger partial charge in [-0.05, 0) is 72.5 Å². The lowest BCUT2D eigenvalue weighted by molar-refractivity contribution is -0.128. The molecule has 0 bridgehead atoms. The molecule has 0 unspecified atom stereocenters. The fraction of sp³-hybridized carbons (Fsp3) is 0.484. The second-order valence-electron chi connectivity index (χ2n) is 10.2. The number of allylic oxidation sites excluding steroid dienone is 1. The van der Waals surface area contributed by atoms with Crippen LogP contribution in [0.3, 0.4) is 0 Å². The van der Waals surface area contributed by atoms with Crippen LogP contribution in [-0.2, 0) is 11.2 Å². The molecule has 2 aromatic carbocycles. The van der Waals surface area contributed by atoms with E-state index in [0.717, 1.165) is 75.1 Å². The van der Waals surface area contributed by atoms with Crippen LogP contribution < -0.4 is 18.9 Å². The monoisotopic (exact) mass is 632 g/mol. The summed E-state index contributed by atoms with van der Waals surface area (Å²) in [5, 5.41) is 0. The van der Waals surface area contributed by atoms with Crippen molar-refractivity contribution < 1.29 is 23.7 Å². The van der Waals surface area contributed by atoms with E-state index in [0.29, 0.717) is 12.3 Å². The highest BCUT2D eigenvalue weighted by Gasteiger charge is 2.37. The second kappa shape index (κ2) is 14.3. The molecule has 0 aliphatic carbocycles. The number of fused-ring (bicyclic) bond motifs is 1. The highest BCUT2D eigenvalue weighted by molar-refractivity contribution is 9.10. The summed E-state index contributed by atoms with van der Waals surface area (Å²) < 4.78 is 22.5. The first kappa shape index (κ1) is 31.9. The Morgan fingerprint density at radius 2 is 1.77 bits per heavy atom. The Hall–Kier alpha value is -2.65. The zero-order chi connectivity index (χ0) is 29.4. The summed E-state index contributed by atoms with van der Waals surface area (Å²) in [7, 11) is 6.65. The first-order valence-corrected chi connectivity index (χ1v) is 15.3. The molecular weight excluding hydrogens is 592 g/mol. The molecule has 2 aliphatic rings. The molecule has 1 amide bonds. The van der Waals surface area contributed by atoms with E-state index in [1.54, 1.807) is 28.4 Å². The van der Waals surface area contributed by atoms with Gasteiger partial charge in [0.05, 0.1) is 25.8 Å². The van der Waals surface area contributed by atoms with E-state index in [1.165, 1.54) is 5.56 Å². The number of amides is 1. The number of aliphatic imine (C=N–C) groups is 1. The van der Waals surface area contributed by atoms with Crippen molar-refractivity contribution in [3.05, 3.63) is 51.5 Å². The van der Waals surface area contributed by atoms with E-state index in [1.807, 2.05) is 53.9 Å². The Morgan fingerprint density at radius 1 is 1.10 bits per heavy atom. The first-order chi connectivity index (χ1) is 19.1. The minimum Gasteiger partial charge on any atom is -0.497 e. The number of methoxy groups -OCH3 is 3. The summed E-state index contributed by atoms with van der Waals surface area (Å²) in [5.41, 5.74) is 4.38. The molecule has 0 spiro atoms. The molecule has 7 nitrogen and oxygen atoms in total. The average molecular weight is 634 g/mol. The van der Waals surface area contributed by atoms with Crippen LogP contribution in [-0.4, -0.2) is 75.1 Å². The van der Waals surface area contributed by atoms with Crippen molar-refractivity contribution in [2.75, 3.05) is 53.0 Å². The maximum Gasteiger partial charge on any atom is 0.272 e. The molecule has 0 atom stereocenters. The highest BCUT2D eigenvalue weighted by atomic mass is 79.9. The predicted molar refractivity (Wildman–Crippen MR) is 169 cm³/mol. The summed E-state index contributed by atoms with van der Waals surface area (Å²) in [6.07, 6.45) is 2.20. The van der Waals surface area contributed by atoms with E-state index in [2.05, 4.69) is 41.7 Å². The van der Waals surface area contributed by atoms with E-state index in [4.69, 9.17) is 18.9 Å². The third kappa shape index (κ3) is 7.35. The molecule has 2 heterocycles. The van der Waals surface area contributed by atoms with E-state index in [-0.39, 0.29) is 11.4 Å². The standard InChI is InChI=1S/C20H25BrN2O3S.C11H16O2/c1-12-13-8-15(21)17(25-5)9-16(13)26-10-14(12)18(22-4)19(24)23-6-7-27-11-20(23,2)3;1-4-5-9-6-10(12-2)8-11(7-9)13-3/h8-9H,6-7,10-11H2,1-5H3;6-8H,4-5H2,1-3H3. The zero-order valence-corrected chi connectivity index (χ0v) is 27.3. The Labute approximate surface area is 251 Å². The number of benzene rings is 2. The third-order valence-corrected chi connectivity index (χ3v) is 9.04. The summed E-state index contributed by atoms with van der Waals surface area (Å²) >= 11 is 5.42. The van der Waals surface area contributed by atoms with Crippen molar-refractivity contribution in [2.45, 2.75) is 46.1 Å². The fourth-order valence-electron chi connectivity index (χ4n) is 4.79. The normalized spacial score (nSPS) is 16.3. The maximum absolute atomic E-state index is 13.3. The van der Waals surface area contributed by atoms with Crippen LogP contribution in [0, 0.1) is 0 Å². The van der Waals surface area contributed by atoms with Crippen molar-refractivity contribution in [1.82, 2.24) is 4.90 Å². The number of halogens is 1. The van der Waals surface area contributed by atoms with Crippen molar-refractivity contribution in [3.63, 3.8) is 0 Å². The van der Waals surface area contributed by atoms with E-state index >= 15 is 0 Å². The number of carbonyl (C=O) groups is 1. The number of aryl methyl sites for hydroxylation is 1. The molecule has 0 saturated carbocycles. The SMILES string of the molecule is CCCc1cc(OC)cc(OC)c1.CN=C(C(=O)N1CCSCC1(C)C)C1=C(C)c2cc(Br)c(OC)cc2OC1. The van der Waals surface area contributed by atoms with Crippen molar-refractivity contribution in [2.24, 2.45) is 4.99 Å².